The van der Waals surface area contributed by atoms with Gasteiger partial charge >= 0.3 is 0 Å². The van der Waals surface area contributed by atoms with Crippen molar-refractivity contribution >= 4 is 32.6 Å². The third kappa shape index (κ3) is 4.11. The summed E-state index contributed by atoms with van der Waals surface area (Å²) >= 11 is 1.41. The number of aromatic nitrogens is 2. The van der Waals surface area contributed by atoms with E-state index in [1.54, 1.807) is 6.07 Å². The summed E-state index contributed by atoms with van der Waals surface area (Å²) in [5.74, 6) is 2.15. The van der Waals surface area contributed by atoms with Crippen LogP contribution in [0.1, 0.15) is 25.1 Å². The first-order valence-corrected chi connectivity index (χ1v) is 11.0. The summed E-state index contributed by atoms with van der Waals surface area (Å²) in [6.07, 6.45) is 1.17. The number of hydrogen-bond donors (Lipinski definition) is 1. The van der Waals surface area contributed by atoms with Gasteiger partial charge in [0.1, 0.15) is 17.6 Å². The zero-order chi connectivity index (χ0) is 21.4. The lowest BCUT2D eigenvalue weighted by atomic mass is 10.1. The summed E-state index contributed by atoms with van der Waals surface area (Å²) in [4.78, 5) is 17.0. The number of anilines is 1. The van der Waals surface area contributed by atoms with Gasteiger partial charge in [0.2, 0.25) is 5.91 Å². The molecule has 1 aliphatic heterocycles. The number of amides is 1. The Hall–Kier alpha value is -3.39. The Kier molecular flexibility index (Phi) is 5.07. The minimum absolute atomic E-state index is 0.106. The molecule has 0 spiro atoms. The van der Waals surface area contributed by atoms with Crippen LogP contribution >= 0.6 is 11.3 Å². The average Bonchev–Trinajstić information content (AvgIpc) is 3.44. The molecule has 0 bridgehead atoms. The van der Waals surface area contributed by atoms with E-state index in [1.807, 2.05) is 44.2 Å². The van der Waals surface area contributed by atoms with E-state index in [4.69, 9.17) is 14.0 Å². The van der Waals surface area contributed by atoms with Gasteiger partial charge in [0.15, 0.2) is 10.9 Å². The topological polar surface area (TPSA) is 86.5 Å². The second-order valence-corrected chi connectivity index (χ2v) is 8.47. The molecule has 0 radical (unpaired) electrons. The standard InChI is InChI=1S/C23H21N3O4S/c1-3-28-17-5-6-18-21(12-17)31-23(24-18)25-22(27)11-16-10-20(30-26-16)14-4-7-19-15(9-14)8-13(2)29-19/h4-7,9-10,12-13H,3,8,11H2,1-2H3,(H,24,25,27). The molecule has 8 heteroatoms. The van der Waals surface area contributed by atoms with Crippen LogP contribution in [0.4, 0.5) is 5.13 Å². The monoisotopic (exact) mass is 435 g/mol. The summed E-state index contributed by atoms with van der Waals surface area (Å²) in [5, 5.41) is 7.45. The van der Waals surface area contributed by atoms with E-state index in [2.05, 4.69) is 21.5 Å². The molecule has 0 aliphatic carbocycles. The van der Waals surface area contributed by atoms with Crippen LogP contribution in [-0.2, 0) is 17.6 Å². The zero-order valence-electron chi connectivity index (χ0n) is 17.2. The fourth-order valence-corrected chi connectivity index (χ4v) is 4.56. The minimum Gasteiger partial charge on any atom is -0.494 e. The highest BCUT2D eigenvalue weighted by Gasteiger charge is 2.20. The van der Waals surface area contributed by atoms with Gasteiger partial charge in [-0.3, -0.25) is 4.79 Å². The quantitative estimate of drug-likeness (QED) is 0.466. The van der Waals surface area contributed by atoms with Crippen molar-refractivity contribution in [1.82, 2.24) is 10.1 Å². The van der Waals surface area contributed by atoms with Gasteiger partial charge in [-0.1, -0.05) is 16.5 Å². The fraction of sp³-hybridized carbons (Fsp3) is 0.261. The van der Waals surface area contributed by atoms with Crippen molar-refractivity contribution in [2.75, 3.05) is 11.9 Å². The first-order valence-electron chi connectivity index (χ1n) is 10.2. The predicted molar refractivity (Wildman–Crippen MR) is 119 cm³/mol. The SMILES string of the molecule is CCOc1ccc2nc(NC(=O)Cc3cc(-c4ccc5c(c4)CC(C)O5)on3)sc2c1. The Morgan fingerprint density at radius 3 is 3.03 bits per heavy atom. The number of carbonyl (C=O) groups excluding carboxylic acids is 1. The van der Waals surface area contributed by atoms with Crippen LogP contribution in [0.3, 0.4) is 0 Å². The molecule has 1 aliphatic rings. The number of ether oxygens (including phenoxy) is 2. The second kappa shape index (κ2) is 8.03. The Morgan fingerprint density at radius 1 is 1.26 bits per heavy atom. The van der Waals surface area contributed by atoms with Gasteiger partial charge in [-0.25, -0.2) is 4.98 Å². The Morgan fingerprint density at radius 2 is 2.16 bits per heavy atom. The van der Waals surface area contributed by atoms with E-state index in [0.29, 0.717) is 23.2 Å². The molecule has 7 nitrogen and oxygen atoms in total. The lowest BCUT2D eigenvalue weighted by molar-refractivity contribution is -0.115. The summed E-state index contributed by atoms with van der Waals surface area (Å²) in [7, 11) is 0. The molecule has 4 aromatic rings. The lowest BCUT2D eigenvalue weighted by Gasteiger charge is -2.02. The molecule has 1 amide bonds. The zero-order valence-corrected chi connectivity index (χ0v) is 18.0. The molecule has 1 N–H and O–H groups in total. The molecule has 2 aromatic heterocycles. The predicted octanol–water partition coefficient (Wildman–Crippen LogP) is 4.85. The molecule has 1 unspecified atom stereocenters. The van der Waals surface area contributed by atoms with Gasteiger partial charge in [0.25, 0.3) is 0 Å². The molecule has 1 atom stereocenters. The molecule has 5 rings (SSSR count). The molecule has 3 heterocycles. The van der Waals surface area contributed by atoms with Gasteiger partial charge in [0, 0.05) is 18.1 Å². The third-order valence-corrected chi connectivity index (χ3v) is 5.93. The maximum atomic E-state index is 12.5. The van der Waals surface area contributed by atoms with E-state index >= 15 is 0 Å². The number of benzene rings is 2. The van der Waals surface area contributed by atoms with Crippen molar-refractivity contribution in [2.45, 2.75) is 32.8 Å². The van der Waals surface area contributed by atoms with E-state index < -0.39 is 0 Å². The van der Waals surface area contributed by atoms with Crippen molar-refractivity contribution in [2.24, 2.45) is 0 Å². The van der Waals surface area contributed by atoms with E-state index in [9.17, 15) is 4.79 Å². The van der Waals surface area contributed by atoms with Crippen LogP contribution in [0.5, 0.6) is 11.5 Å². The minimum atomic E-state index is -0.194. The van der Waals surface area contributed by atoms with Gasteiger partial charge in [-0.2, -0.15) is 0 Å². The van der Waals surface area contributed by atoms with Gasteiger partial charge in [-0.05, 0) is 55.8 Å². The number of carbonyl (C=O) groups is 1. The number of nitrogens with one attached hydrogen (secondary N) is 1. The summed E-state index contributed by atoms with van der Waals surface area (Å²) in [6.45, 7) is 4.59. The van der Waals surface area contributed by atoms with Gasteiger partial charge < -0.3 is 19.3 Å². The number of nitrogens with zero attached hydrogens (tertiary/aromatic N) is 2. The normalized spacial score (nSPS) is 15.0. The van der Waals surface area contributed by atoms with Crippen LogP contribution < -0.4 is 14.8 Å². The van der Waals surface area contributed by atoms with Crippen molar-refractivity contribution in [1.29, 1.82) is 0 Å². The number of thiazole rings is 1. The molecular formula is C23H21N3O4S. The Balaban J connectivity index is 1.26. The van der Waals surface area contributed by atoms with E-state index in [1.165, 1.54) is 11.3 Å². The van der Waals surface area contributed by atoms with Crippen LogP contribution in [0.15, 0.2) is 47.0 Å². The lowest BCUT2D eigenvalue weighted by Crippen LogP contribution is -2.14. The van der Waals surface area contributed by atoms with Gasteiger partial charge in [-0.15, -0.1) is 0 Å². The molecule has 0 fully saturated rings. The van der Waals surface area contributed by atoms with Crippen molar-refractivity contribution in [3.05, 3.63) is 53.7 Å². The molecular weight excluding hydrogens is 414 g/mol. The molecule has 158 valence electrons. The maximum Gasteiger partial charge on any atom is 0.232 e. The van der Waals surface area contributed by atoms with Crippen molar-refractivity contribution in [3.8, 4) is 22.8 Å². The largest absolute Gasteiger partial charge is 0.494 e. The molecule has 0 saturated heterocycles. The average molecular weight is 436 g/mol. The maximum absolute atomic E-state index is 12.5. The Bertz CT molecular complexity index is 1260. The van der Waals surface area contributed by atoms with Crippen LogP contribution in [0, 0.1) is 0 Å². The number of fused-ring (bicyclic) bond motifs is 2. The third-order valence-electron chi connectivity index (χ3n) is 5.00. The fourth-order valence-electron chi connectivity index (χ4n) is 3.65. The second-order valence-electron chi connectivity index (χ2n) is 7.44. The first-order chi connectivity index (χ1) is 15.1. The smallest absolute Gasteiger partial charge is 0.232 e. The van der Waals surface area contributed by atoms with Crippen LogP contribution in [-0.4, -0.2) is 28.8 Å². The van der Waals surface area contributed by atoms with E-state index in [0.717, 1.165) is 39.3 Å². The highest BCUT2D eigenvalue weighted by atomic mass is 32.1. The molecule has 31 heavy (non-hydrogen) atoms. The van der Waals surface area contributed by atoms with Crippen LogP contribution in [0.25, 0.3) is 21.5 Å². The molecule has 2 aromatic carbocycles. The molecule has 0 saturated carbocycles. The number of hydrogen-bond acceptors (Lipinski definition) is 7. The van der Waals surface area contributed by atoms with E-state index in [-0.39, 0.29) is 18.4 Å². The summed E-state index contributed by atoms with van der Waals surface area (Å²) < 4.78 is 17.7. The van der Waals surface area contributed by atoms with Crippen molar-refractivity contribution in [3.63, 3.8) is 0 Å². The highest BCUT2D eigenvalue weighted by molar-refractivity contribution is 7.22. The van der Waals surface area contributed by atoms with Crippen LogP contribution in [0.2, 0.25) is 0 Å². The summed E-state index contributed by atoms with van der Waals surface area (Å²) in [6, 6.07) is 13.4. The number of rotatable bonds is 6. The summed E-state index contributed by atoms with van der Waals surface area (Å²) in [5.41, 5.74) is 3.47. The first kappa shape index (κ1) is 19.6. The van der Waals surface area contributed by atoms with Gasteiger partial charge in [0.05, 0.1) is 28.9 Å². The Labute approximate surface area is 183 Å². The van der Waals surface area contributed by atoms with Crippen molar-refractivity contribution < 1.29 is 18.8 Å². The highest BCUT2D eigenvalue weighted by Crippen LogP contribution is 2.33.